The molecule has 6 nitrogen and oxygen atoms in total. The van der Waals surface area contributed by atoms with Gasteiger partial charge in [-0.2, -0.15) is 0 Å². The van der Waals surface area contributed by atoms with Gasteiger partial charge in [-0.1, -0.05) is 5.11 Å². The fourth-order valence-electron chi connectivity index (χ4n) is 0.774. The van der Waals surface area contributed by atoms with Gasteiger partial charge in [-0.3, -0.25) is 0 Å². The first kappa shape index (κ1) is 10.5. The van der Waals surface area contributed by atoms with Crippen LogP contribution < -0.4 is 0 Å². The molecule has 0 unspecified atom stereocenters. The molecule has 0 radical (unpaired) electrons. The number of azide groups is 1. The molecule has 0 bridgehead atoms. The zero-order valence-electron chi connectivity index (χ0n) is 7.51. The summed E-state index contributed by atoms with van der Waals surface area (Å²) in [6, 6.07) is 0. The van der Waals surface area contributed by atoms with Gasteiger partial charge >= 0.3 is 5.97 Å². The molecule has 0 aliphatic heterocycles. The molecule has 0 amide bonds. The van der Waals surface area contributed by atoms with Gasteiger partial charge in [-0.15, -0.1) is 11.3 Å². The van der Waals surface area contributed by atoms with Gasteiger partial charge in [-0.25, -0.2) is 9.78 Å². The molecule has 0 atom stereocenters. The minimum atomic E-state index is -0.448. The molecule has 0 fully saturated rings. The summed E-state index contributed by atoms with van der Waals surface area (Å²) < 4.78 is 4.75. The lowest BCUT2D eigenvalue weighted by molar-refractivity contribution is 0.0520. The summed E-state index contributed by atoms with van der Waals surface area (Å²) in [5, 5.41) is 5.52. The summed E-state index contributed by atoms with van der Waals surface area (Å²) in [7, 11) is 0. The molecule has 0 aliphatic carbocycles. The SMILES string of the molecule is CCOC(=O)c1csc(CN=[N+]=[N-])n1. The van der Waals surface area contributed by atoms with E-state index in [1.54, 1.807) is 12.3 Å². The van der Waals surface area contributed by atoms with E-state index >= 15 is 0 Å². The fourth-order valence-corrected chi connectivity index (χ4v) is 1.45. The largest absolute Gasteiger partial charge is 0.461 e. The number of rotatable bonds is 4. The van der Waals surface area contributed by atoms with Gasteiger partial charge in [0.05, 0.1) is 18.2 Å². The third-order valence-electron chi connectivity index (χ3n) is 1.31. The topological polar surface area (TPSA) is 88.0 Å². The van der Waals surface area contributed by atoms with Crippen molar-refractivity contribution in [1.82, 2.24) is 4.98 Å². The molecular weight excluding hydrogens is 204 g/mol. The van der Waals surface area contributed by atoms with Crippen molar-refractivity contribution in [2.45, 2.75) is 13.5 Å². The highest BCUT2D eigenvalue weighted by Gasteiger charge is 2.10. The van der Waals surface area contributed by atoms with E-state index in [1.165, 1.54) is 11.3 Å². The second kappa shape index (κ2) is 5.21. The normalized spacial score (nSPS) is 9.21. The van der Waals surface area contributed by atoms with Gasteiger partial charge in [0, 0.05) is 10.3 Å². The lowest BCUT2D eigenvalue weighted by Gasteiger charge is -1.95. The smallest absolute Gasteiger partial charge is 0.357 e. The number of esters is 1. The number of carbonyl (C=O) groups is 1. The van der Waals surface area contributed by atoms with E-state index in [0.29, 0.717) is 11.6 Å². The highest BCUT2D eigenvalue weighted by Crippen LogP contribution is 2.11. The molecule has 74 valence electrons. The Bertz CT molecular complexity index is 370. The Morgan fingerprint density at radius 2 is 2.64 bits per heavy atom. The van der Waals surface area contributed by atoms with Crippen LogP contribution in [0.5, 0.6) is 0 Å². The van der Waals surface area contributed by atoms with Crippen molar-refractivity contribution in [2.75, 3.05) is 6.61 Å². The fraction of sp³-hybridized carbons (Fsp3) is 0.429. The van der Waals surface area contributed by atoms with Crippen molar-refractivity contribution in [1.29, 1.82) is 0 Å². The first-order valence-electron chi connectivity index (χ1n) is 3.90. The van der Waals surface area contributed by atoms with Crippen LogP contribution in [0.15, 0.2) is 10.5 Å². The Labute approximate surface area is 84.2 Å². The molecule has 0 aromatic carbocycles. The van der Waals surface area contributed by atoms with Crippen molar-refractivity contribution in [3.8, 4) is 0 Å². The summed E-state index contributed by atoms with van der Waals surface area (Å²) in [5.41, 5.74) is 8.34. The Hall–Kier alpha value is -1.59. The molecule has 0 spiro atoms. The molecule has 1 aromatic heterocycles. The summed E-state index contributed by atoms with van der Waals surface area (Å²) in [5.74, 6) is -0.448. The van der Waals surface area contributed by atoms with Gasteiger partial charge in [0.25, 0.3) is 0 Å². The van der Waals surface area contributed by atoms with Crippen LogP contribution >= 0.6 is 11.3 Å². The number of carbonyl (C=O) groups excluding carboxylic acids is 1. The molecular formula is C7H8N4O2S. The van der Waals surface area contributed by atoms with Crippen LogP contribution in [-0.2, 0) is 11.3 Å². The highest BCUT2D eigenvalue weighted by atomic mass is 32.1. The van der Waals surface area contributed by atoms with Crippen LogP contribution in [0.4, 0.5) is 0 Å². The monoisotopic (exact) mass is 212 g/mol. The van der Waals surface area contributed by atoms with Gasteiger partial charge < -0.3 is 4.74 Å². The third kappa shape index (κ3) is 2.72. The van der Waals surface area contributed by atoms with Crippen LogP contribution in [0.1, 0.15) is 22.4 Å². The summed E-state index contributed by atoms with van der Waals surface area (Å²) >= 11 is 1.27. The molecule has 14 heavy (non-hydrogen) atoms. The number of aromatic nitrogens is 1. The molecule has 0 saturated carbocycles. The number of nitrogens with zero attached hydrogens (tertiary/aromatic N) is 4. The van der Waals surface area contributed by atoms with Gasteiger partial charge in [0.15, 0.2) is 5.69 Å². The average Bonchev–Trinajstić information content (AvgIpc) is 2.63. The average molecular weight is 212 g/mol. The van der Waals surface area contributed by atoms with E-state index in [1.807, 2.05) is 0 Å². The Morgan fingerprint density at radius 3 is 3.29 bits per heavy atom. The van der Waals surface area contributed by atoms with Crippen LogP contribution in [0.2, 0.25) is 0 Å². The predicted octanol–water partition coefficient (Wildman–Crippen LogP) is 2.13. The van der Waals surface area contributed by atoms with Crippen LogP contribution in [0.3, 0.4) is 0 Å². The summed E-state index contributed by atoms with van der Waals surface area (Å²) in [6.45, 7) is 2.22. The Kier molecular flexibility index (Phi) is 3.90. The first-order valence-corrected chi connectivity index (χ1v) is 4.78. The Morgan fingerprint density at radius 1 is 1.86 bits per heavy atom. The zero-order chi connectivity index (χ0) is 10.4. The molecule has 1 rings (SSSR count). The van der Waals surface area contributed by atoms with E-state index in [9.17, 15) is 4.79 Å². The van der Waals surface area contributed by atoms with Crippen molar-refractivity contribution >= 4 is 17.3 Å². The van der Waals surface area contributed by atoms with E-state index in [2.05, 4.69) is 15.0 Å². The van der Waals surface area contributed by atoms with Crippen molar-refractivity contribution in [2.24, 2.45) is 5.11 Å². The maximum atomic E-state index is 11.2. The second-order valence-corrected chi connectivity index (χ2v) is 3.18. The maximum Gasteiger partial charge on any atom is 0.357 e. The quantitative estimate of drug-likeness (QED) is 0.331. The minimum Gasteiger partial charge on any atom is -0.461 e. The summed E-state index contributed by atoms with van der Waals surface area (Å²) in [6.07, 6.45) is 0. The highest BCUT2D eigenvalue weighted by molar-refractivity contribution is 7.09. The lowest BCUT2D eigenvalue weighted by Crippen LogP contribution is -2.04. The van der Waals surface area contributed by atoms with Crippen LogP contribution in [-0.4, -0.2) is 17.6 Å². The van der Waals surface area contributed by atoms with Crippen molar-refractivity contribution < 1.29 is 9.53 Å². The van der Waals surface area contributed by atoms with Gasteiger partial charge in [0.2, 0.25) is 0 Å². The van der Waals surface area contributed by atoms with Crippen molar-refractivity contribution in [3.63, 3.8) is 0 Å². The zero-order valence-corrected chi connectivity index (χ0v) is 8.32. The number of ether oxygens (including phenoxy) is 1. The molecule has 1 aromatic rings. The van der Waals surface area contributed by atoms with Crippen molar-refractivity contribution in [3.05, 3.63) is 26.5 Å². The predicted molar refractivity (Wildman–Crippen MR) is 50.9 cm³/mol. The van der Waals surface area contributed by atoms with E-state index in [0.717, 1.165) is 0 Å². The molecule has 0 aliphatic rings. The van der Waals surface area contributed by atoms with E-state index < -0.39 is 5.97 Å². The number of thiazole rings is 1. The van der Waals surface area contributed by atoms with Crippen LogP contribution in [0, 0.1) is 0 Å². The Balaban J connectivity index is 2.67. The van der Waals surface area contributed by atoms with E-state index in [4.69, 9.17) is 10.3 Å². The molecule has 7 heteroatoms. The summed E-state index contributed by atoms with van der Waals surface area (Å²) in [4.78, 5) is 17.7. The maximum absolute atomic E-state index is 11.2. The number of hydrogen-bond donors (Lipinski definition) is 0. The van der Waals surface area contributed by atoms with Gasteiger partial charge in [0.1, 0.15) is 0 Å². The van der Waals surface area contributed by atoms with Gasteiger partial charge in [-0.05, 0) is 12.5 Å². The second-order valence-electron chi connectivity index (χ2n) is 2.24. The molecule has 0 N–H and O–H groups in total. The van der Waals surface area contributed by atoms with E-state index in [-0.39, 0.29) is 12.2 Å². The lowest BCUT2D eigenvalue weighted by atomic mass is 10.5. The standard InChI is InChI=1S/C7H8N4O2S/c1-2-13-7(12)5-4-14-6(10-5)3-9-11-8/h4H,2-3H2,1H3. The molecule has 0 saturated heterocycles. The third-order valence-corrected chi connectivity index (χ3v) is 2.14. The minimum absolute atomic E-state index is 0.167. The first-order chi connectivity index (χ1) is 6.77. The van der Waals surface area contributed by atoms with Crippen LogP contribution in [0.25, 0.3) is 10.4 Å². The number of hydrogen-bond acceptors (Lipinski definition) is 5. The molecule has 1 heterocycles.